The van der Waals surface area contributed by atoms with Crippen molar-refractivity contribution in [3.8, 4) is 11.5 Å². The summed E-state index contributed by atoms with van der Waals surface area (Å²) in [7, 11) is 3.42. The maximum absolute atomic E-state index is 13.5. The fourth-order valence-electron chi connectivity index (χ4n) is 4.64. The van der Waals surface area contributed by atoms with Crippen LogP contribution in [0.5, 0.6) is 11.5 Å². The van der Waals surface area contributed by atoms with Gasteiger partial charge >= 0.3 is 6.03 Å². The Hall–Kier alpha value is -2.69. The minimum absolute atomic E-state index is 0.0526. The molecule has 33 heavy (non-hydrogen) atoms. The SMILES string of the molecule is CCCCCCc1cc(N2CC(C)CN(Cc3ccc(CC)cc3OC)C2=O)ccc1OC. The minimum atomic E-state index is 0.0526. The first-order chi connectivity index (χ1) is 16.0. The third kappa shape index (κ3) is 6.21. The molecule has 1 aliphatic heterocycles. The van der Waals surface area contributed by atoms with Gasteiger partial charge in [-0.3, -0.25) is 4.90 Å². The largest absolute Gasteiger partial charge is 0.496 e. The number of hydrogen-bond acceptors (Lipinski definition) is 3. The molecule has 3 rings (SSSR count). The van der Waals surface area contributed by atoms with Crippen molar-refractivity contribution in [2.75, 3.05) is 32.2 Å². The lowest BCUT2D eigenvalue weighted by atomic mass is 10.0. The van der Waals surface area contributed by atoms with Crippen LogP contribution in [0.15, 0.2) is 36.4 Å². The predicted octanol–water partition coefficient (Wildman–Crippen LogP) is 6.47. The Bertz CT molecular complexity index is 927. The van der Waals surface area contributed by atoms with Crippen LogP contribution in [0.3, 0.4) is 0 Å². The normalized spacial score (nSPS) is 16.3. The van der Waals surface area contributed by atoms with Gasteiger partial charge in [0.25, 0.3) is 0 Å². The van der Waals surface area contributed by atoms with E-state index in [0.717, 1.165) is 55.1 Å². The van der Waals surface area contributed by atoms with Crippen molar-refractivity contribution in [1.29, 1.82) is 0 Å². The Morgan fingerprint density at radius 3 is 2.39 bits per heavy atom. The number of urea groups is 1. The summed E-state index contributed by atoms with van der Waals surface area (Å²) < 4.78 is 11.2. The molecule has 1 heterocycles. The maximum atomic E-state index is 13.5. The van der Waals surface area contributed by atoms with E-state index in [4.69, 9.17) is 9.47 Å². The van der Waals surface area contributed by atoms with Gasteiger partial charge in [0.2, 0.25) is 0 Å². The highest BCUT2D eigenvalue weighted by atomic mass is 16.5. The van der Waals surface area contributed by atoms with E-state index in [9.17, 15) is 4.79 Å². The van der Waals surface area contributed by atoms with Gasteiger partial charge in [-0.15, -0.1) is 0 Å². The number of amides is 2. The molecular weight excluding hydrogens is 412 g/mol. The number of unbranched alkanes of at least 4 members (excludes halogenated alkanes) is 3. The van der Waals surface area contributed by atoms with Crippen molar-refractivity contribution in [1.82, 2.24) is 4.90 Å². The van der Waals surface area contributed by atoms with Crippen LogP contribution in [0, 0.1) is 5.92 Å². The van der Waals surface area contributed by atoms with Crippen LogP contribution in [0.1, 0.15) is 63.1 Å². The first-order valence-electron chi connectivity index (χ1n) is 12.4. The molecule has 180 valence electrons. The molecule has 1 atom stereocenters. The lowest BCUT2D eigenvalue weighted by Gasteiger charge is -2.39. The average Bonchev–Trinajstić information content (AvgIpc) is 2.84. The van der Waals surface area contributed by atoms with Crippen LogP contribution in [-0.4, -0.2) is 38.2 Å². The summed E-state index contributed by atoms with van der Waals surface area (Å²) in [5, 5.41) is 0. The number of carbonyl (C=O) groups is 1. The first kappa shape index (κ1) is 24.9. The van der Waals surface area contributed by atoms with Gasteiger partial charge in [0.05, 0.1) is 20.8 Å². The van der Waals surface area contributed by atoms with E-state index in [0.29, 0.717) is 12.5 Å². The molecule has 0 aliphatic carbocycles. The van der Waals surface area contributed by atoms with Crippen molar-refractivity contribution < 1.29 is 14.3 Å². The van der Waals surface area contributed by atoms with Gasteiger partial charge in [0, 0.05) is 24.3 Å². The van der Waals surface area contributed by atoms with Crippen LogP contribution in [0.4, 0.5) is 10.5 Å². The van der Waals surface area contributed by atoms with Crippen molar-refractivity contribution in [2.45, 2.75) is 65.8 Å². The lowest BCUT2D eigenvalue weighted by Crippen LogP contribution is -2.52. The number of rotatable bonds is 11. The van der Waals surface area contributed by atoms with Crippen molar-refractivity contribution in [2.24, 2.45) is 5.92 Å². The van der Waals surface area contributed by atoms with E-state index in [2.05, 4.69) is 45.0 Å². The summed E-state index contributed by atoms with van der Waals surface area (Å²) in [5.74, 6) is 2.13. The van der Waals surface area contributed by atoms with Crippen LogP contribution < -0.4 is 14.4 Å². The van der Waals surface area contributed by atoms with Gasteiger partial charge in [0.1, 0.15) is 11.5 Å². The molecule has 5 heteroatoms. The third-order valence-electron chi connectivity index (χ3n) is 6.52. The molecule has 1 saturated heterocycles. The molecule has 5 nitrogen and oxygen atoms in total. The second-order valence-electron chi connectivity index (χ2n) is 9.19. The lowest BCUT2D eigenvalue weighted by molar-refractivity contribution is 0.178. The van der Waals surface area contributed by atoms with E-state index < -0.39 is 0 Å². The first-order valence-corrected chi connectivity index (χ1v) is 12.4. The number of methoxy groups -OCH3 is 2. The van der Waals surface area contributed by atoms with Gasteiger partial charge in [-0.1, -0.05) is 52.2 Å². The van der Waals surface area contributed by atoms with Gasteiger partial charge in [-0.25, -0.2) is 4.79 Å². The Balaban J connectivity index is 1.81. The van der Waals surface area contributed by atoms with Crippen LogP contribution >= 0.6 is 0 Å². The highest BCUT2D eigenvalue weighted by Gasteiger charge is 2.31. The van der Waals surface area contributed by atoms with Crippen molar-refractivity contribution in [3.05, 3.63) is 53.1 Å². The molecule has 0 spiro atoms. The summed E-state index contributed by atoms with van der Waals surface area (Å²) in [6.45, 7) is 8.59. The highest BCUT2D eigenvalue weighted by Crippen LogP contribution is 2.31. The molecule has 1 fully saturated rings. The maximum Gasteiger partial charge on any atom is 0.324 e. The second-order valence-corrected chi connectivity index (χ2v) is 9.19. The third-order valence-corrected chi connectivity index (χ3v) is 6.52. The topological polar surface area (TPSA) is 42.0 Å². The predicted molar refractivity (Wildman–Crippen MR) is 136 cm³/mol. The van der Waals surface area contributed by atoms with E-state index in [1.54, 1.807) is 14.2 Å². The molecule has 2 aromatic rings. The summed E-state index contributed by atoms with van der Waals surface area (Å²) in [4.78, 5) is 17.4. The van der Waals surface area contributed by atoms with Crippen LogP contribution in [0.2, 0.25) is 0 Å². The molecule has 0 radical (unpaired) electrons. The average molecular weight is 453 g/mol. The zero-order chi connectivity index (χ0) is 23.8. The zero-order valence-corrected chi connectivity index (χ0v) is 21.0. The monoisotopic (exact) mass is 452 g/mol. The van der Waals surface area contributed by atoms with Crippen LogP contribution in [-0.2, 0) is 19.4 Å². The fraction of sp³-hybridized carbons (Fsp3) is 0.536. The van der Waals surface area contributed by atoms with Crippen molar-refractivity contribution in [3.63, 3.8) is 0 Å². The molecular formula is C28H40N2O3. The molecule has 0 N–H and O–H groups in total. The van der Waals surface area contributed by atoms with E-state index in [-0.39, 0.29) is 6.03 Å². The van der Waals surface area contributed by atoms with Gasteiger partial charge in [-0.05, 0) is 60.6 Å². The molecule has 1 unspecified atom stereocenters. The zero-order valence-electron chi connectivity index (χ0n) is 21.0. The standard InChI is InChI=1S/C28H40N2O3/c1-6-8-9-10-11-23-17-25(14-15-26(23)32-4)30-19-21(3)18-29(28(30)31)20-24-13-12-22(7-2)16-27(24)33-5/h12-17,21H,6-11,18-20H2,1-5H3. The van der Waals surface area contributed by atoms with Crippen LogP contribution in [0.25, 0.3) is 0 Å². The molecule has 2 amide bonds. The number of hydrogen-bond donors (Lipinski definition) is 0. The summed E-state index contributed by atoms with van der Waals surface area (Å²) in [6.07, 6.45) is 6.76. The Labute approximate surface area is 199 Å². The number of aryl methyl sites for hydroxylation is 2. The fourth-order valence-corrected chi connectivity index (χ4v) is 4.64. The second kappa shape index (κ2) is 12.0. The highest BCUT2D eigenvalue weighted by molar-refractivity contribution is 5.93. The number of anilines is 1. The molecule has 0 bridgehead atoms. The van der Waals surface area contributed by atoms with Gasteiger partial charge in [0.15, 0.2) is 0 Å². The Morgan fingerprint density at radius 2 is 1.70 bits per heavy atom. The quantitative estimate of drug-likeness (QED) is 0.367. The number of carbonyl (C=O) groups excluding carboxylic acids is 1. The van der Waals surface area contributed by atoms with Gasteiger partial charge < -0.3 is 14.4 Å². The molecule has 0 saturated carbocycles. The Kier molecular flexibility index (Phi) is 9.04. The van der Waals surface area contributed by atoms with Gasteiger partial charge in [-0.2, -0.15) is 0 Å². The molecule has 1 aliphatic rings. The van der Waals surface area contributed by atoms with E-state index in [1.807, 2.05) is 21.9 Å². The van der Waals surface area contributed by atoms with E-state index >= 15 is 0 Å². The number of nitrogens with zero attached hydrogens (tertiary/aromatic N) is 2. The molecule has 2 aromatic carbocycles. The minimum Gasteiger partial charge on any atom is -0.496 e. The van der Waals surface area contributed by atoms with E-state index in [1.165, 1.54) is 30.4 Å². The van der Waals surface area contributed by atoms with Crippen molar-refractivity contribution >= 4 is 11.7 Å². The summed E-state index contributed by atoms with van der Waals surface area (Å²) in [5.41, 5.74) is 4.42. The number of benzene rings is 2. The molecule has 0 aromatic heterocycles. The smallest absolute Gasteiger partial charge is 0.324 e. The summed E-state index contributed by atoms with van der Waals surface area (Å²) >= 11 is 0. The number of ether oxygens (including phenoxy) is 2. The summed E-state index contributed by atoms with van der Waals surface area (Å²) in [6, 6.07) is 12.5. The Morgan fingerprint density at radius 1 is 0.909 bits per heavy atom.